The first kappa shape index (κ1) is 9.36. The van der Waals surface area contributed by atoms with E-state index in [-0.39, 0.29) is 0 Å². The van der Waals surface area contributed by atoms with Crippen molar-refractivity contribution < 1.29 is 4.74 Å². The molecule has 4 heteroatoms. The summed E-state index contributed by atoms with van der Waals surface area (Å²) in [7, 11) is 0. The van der Waals surface area contributed by atoms with E-state index in [1.807, 2.05) is 0 Å². The second kappa shape index (κ2) is 3.61. The number of ether oxygens (including phenoxy) is 1. The maximum atomic E-state index is 5.43. The molecule has 1 unspecified atom stereocenters. The maximum absolute atomic E-state index is 5.43. The fraction of sp³-hybridized carbons (Fsp3) is 0.727. The first-order valence-electron chi connectivity index (χ1n) is 5.67. The molecule has 1 aromatic heterocycles. The van der Waals surface area contributed by atoms with Crippen LogP contribution >= 0.6 is 0 Å². The average molecular weight is 207 g/mol. The van der Waals surface area contributed by atoms with Crippen LogP contribution in [0, 0.1) is 6.92 Å². The number of nitrogens with zero attached hydrogens (tertiary/aromatic N) is 3. The van der Waals surface area contributed by atoms with Crippen molar-refractivity contribution in [3.63, 3.8) is 0 Å². The standard InChI is InChI=1S/C11H17N3O/c1-9-6-14-4-3-13(7-11(14)12-9)10-2-5-15-8-10/h6,10H,2-5,7-8H2,1H3. The third kappa shape index (κ3) is 1.68. The summed E-state index contributed by atoms with van der Waals surface area (Å²) < 4.78 is 7.71. The highest BCUT2D eigenvalue weighted by Gasteiger charge is 2.27. The Hall–Kier alpha value is -0.870. The summed E-state index contributed by atoms with van der Waals surface area (Å²) in [5, 5.41) is 0. The Morgan fingerprint density at radius 3 is 3.20 bits per heavy atom. The van der Waals surface area contributed by atoms with Crippen molar-refractivity contribution in [1.82, 2.24) is 14.5 Å². The van der Waals surface area contributed by atoms with Crippen molar-refractivity contribution in [2.24, 2.45) is 0 Å². The van der Waals surface area contributed by atoms with Gasteiger partial charge in [0.15, 0.2) is 0 Å². The molecule has 15 heavy (non-hydrogen) atoms. The van der Waals surface area contributed by atoms with E-state index >= 15 is 0 Å². The lowest BCUT2D eigenvalue weighted by Gasteiger charge is -2.31. The molecule has 1 atom stereocenters. The molecule has 1 aromatic rings. The SMILES string of the molecule is Cc1cn2c(n1)CN(C1CCOC1)CC2. The summed E-state index contributed by atoms with van der Waals surface area (Å²) in [6.45, 7) is 7.09. The number of hydrogen-bond donors (Lipinski definition) is 0. The highest BCUT2D eigenvalue weighted by atomic mass is 16.5. The van der Waals surface area contributed by atoms with Crippen LogP contribution in [0.2, 0.25) is 0 Å². The Bertz CT molecular complexity index is 355. The first-order valence-corrected chi connectivity index (χ1v) is 5.67. The van der Waals surface area contributed by atoms with E-state index in [0.717, 1.165) is 38.5 Å². The fourth-order valence-electron chi connectivity index (χ4n) is 2.54. The number of imidazole rings is 1. The third-order valence-corrected chi connectivity index (χ3v) is 3.37. The summed E-state index contributed by atoms with van der Waals surface area (Å²) in [6, 6.07) is 0.621. The molecule has 0 saturated carbocycles. The van der Waals surface area contributed by atoms with Crippen LogP contribution in [-0.4, -0.2) is 40.3 Å². The Labute approximate surface area is 89.9 Å². The molecule has 0 amide bonds. The van der Waals surface area contributed by atoms with Gasteiger partial charge in [-0.05, 0) is 13.3 Å². The second-order valence-corrected chi connectivity index (χ2v) is 4.48. The molecule has 0 radical (unpaired) electrons. The minimum atomic E-state index is 0.621. The van der Waals surface area contributed by atoms with E-state index in [1.165, 1.54) is 12.2 Å². The number of fused-ring (bicyclic) bond motifs is 1. The van der Waals surface area contributed by atoms with Gasteiger partial charge in [-0.1, -0.05) is 0 Å². The normalized spacial score (nSPS) is 26.9. The minimum Gasteiger partial charge on any atom is -0.380 e. The van der Waals surface area contributed by atoms with E-state index in [9.17, 15) is 0 Å². The van der Waals surface area contributed by atoms with Gasteiger partial charge in [-0.3, -0.25) is 4.90 Å². The van der Waals surface area contributed by atoms with Gasteiger partial charge in [-0.15, -0.1) is 0 Å². The predicted molar refractivity (Wildman–Crippen MR) is 56.6 cm³/mol. The smallest absolute Gasteiger partial charge is 0.123 e. The van der Waals surface area contributed by atoms with E-state index in [4.69, 9.17) is 4.74 Å². The highest BCUT2D eigenvalue weighted by Crippen LogP contribution is 2.19. The van der Waals surface area contributed by atoms with Gasteiger partial charge in [-0.25, -0.2) is 4.98 Å². The van der Waals surface area contributed by atoms with Gasteiger partial charge >= 0.3 is 0 Å². The van der Waals surface area contributed by atoms with Crippen molar-refractivity contribution >= 4 is 0 Å². The van der Waals surface area contributed by atoms with Gasteiger partial charge in [0.25, 0.3) is 0 Å². The Morgan fingerprint density at radius 1 is 1.47 bits per heavy atom. The summed E-state index contributed by atoms with van der Waals surface area (Å²) in [6.07, 6.45) is 3.33. The molecule has 0 aliphatic carbocycles. The molecular formula is C11H17N3O. The number of hydrogen-bond acceptors (Lipinski definition) is 3. The van der Waals surface area contributed by atoms with Gasteiger partial charge in [0.05, 0.1) is 18.8 Å². The number of aromatic nitrogens is 2. The van der Waals surface area contributed by atoms with Gasteiger partial charge in [0.2, 0.25) is 0 Å². The van der Waals surface area contributed by atoms with Crippen LogP contribution in [-0.2, 0) is 17.8 Å². The van der Waals surface area contributed by atoms with Crippen molar-refractivity contribution in [3.8, 4) is 0 Å². The zero-order chi connectivity index (χ0) is 10.3. The molecule has 2 aliphatic heterocycles. The van der Waals surface area contributed by atoms with E-state index in [2.05, 4.69) is 27.6 Å². The summed E-state index contributed by atoms with van der Waals surface area (Å²) in [5.41, 5.74) is 1.13. The van der Waals surface area contributed by atoms with Crippen molar-refractivity contribution in [2.75, 3.05) is 19.8 Å². The summed E-state index contributed by atoms with van der Waals surface area (Å²) in [5.74, 6) is 1.21. The van der Waals surface area contributed by atoms with E-state index in [1.54, 1.807) is 0 Å². The monoisotopic (exact) mass is 207 g/mol. The molecule has 2 aliphatic rings. The topological polar surface area (TPSA) is 30.3 Å². The van der Waals surface area contributed by atoms with Crippen molar-refractivity contribution in [3.05, 3.63) is 17.7 Å². The molecule has 0 aromatic carbocycles. The molecular weight excluding hydrogens is 190 g/mol. The van der Waals surface area contributed by atoms with E-state index < -0.39 is 0 Å². The van der Waals surface area contributed by atoms with Gasteiger partial charge in [0, 0.05) is 31.9 Å². The molecule has 1 fully saturated rings. The summed E-state index contributed by atoms with van der Waals surface area (Å²) in [4.78, 5) is 7.06. The van der Waals surface area contributed by atoms with Crippen LogP contribution in [0.1, 0.15) is 17.9 Å². The average Bonchev–Trinajstić information content (AvgIpc) is 2.82. The van der Waals surface area contributed by atoms with Crippen LogP contribution in [0.4, 0.5) is 0 Å². The first-order chi connectivity index (χ1) is 7.33. The Morgan fingerprint density at radius 2 is 2.40 bits per heavy atom. The molecule has 0 bridgehead atoms. The second-order valence-electron chi connectivity index (χ2n) is 4.48. The van der Waals surface area contributed by atoms with Crippen LogP contribution in [0.15, 0.2) is 6.20 Å². The molecule has 3 heterocycles. The van der Waals surface area contributed by atoms with Gasteiger partial charge < -0.3 is 9.30 Å². The van der Waals surface area contributed by atoms with Crippen LogP contribution in [0.3, 0.4) is 0 Å². The van der Waals surface area contributed by atoms with Gasteiger partial charge in [-0.2, -0.15) is 0 Å². The molecule has 0 spiro atoms. The molecule has 4 nitrogen and oxygen atoms in total. The zero-order valence-corrected chi connectivity index (χ0v) is 9.15. The Balaban J connectivity index is 1.76. The van der Waals surface area contributed by atoms with Crippen LogP contribution in [0.25, 0.3) is 0 Å². The predicted octanol–water partition coefficient (Wildman–Crippen LogP) is 0.796. The number of aryl methyl sites for hydroxylation is 1. The molecule has 0 N–H and O–H groups in total. The van der Waals surface area contributed by atoms with Crippen molar-refractivity contribution in [1.29, 1.82) is 0 Å². The maximum Gasteiger partial charge on any atom is 0.123 e. The lowest BCUT2D eigenvalue weighted by Crippen LogP contribution is -2.41. The lowest BCUT2D eigenvalue weighted by atomic mass is 10.2. The zero-order valence-electron chi connectivity index (χ0n) is 9.15. The highest BCUT2D eigenvalue weighted by molar-refractivity contribution is 5.04. The van der Waals surface area contributed by atoms with Gasteiger partial charge in [0.1, 0.15) is 5.82 Å². The third-order valence-electron chi connectivity index (χ3n) is 3.37. The quantitative estimate of drug-likeness (QED) is 0.682. The molecule has 3 rings (SSSR count). The summed E-state index contributed by atoms with van der Waals surface area (Å²) >= 11 is 0. The Kier molecular flexibility index (Phi) is 2.25. The van der Waals surface area contributed by atoms with Crippen LogP contribution in [0.5, 0.6) is 0 Å². The fourth-order valence-corrected chi connectivity index (χ4v) is 2.54. The van der Waals surface area contributed by atoms with E-state index in [0.29, 0.717) is 6.04 Å². The van der Waals surface area contributed by atoms with Crippen molar-refractivity contribution in [2.45, 2.75) is 32.5 Å². The number of rotatable bonds is 1. The molecule has 82 valence electrons. The molecule has 1 saturated heterocycles. The largest absolute Gasteiger partial charge is 0.380 e. The minimum absolute atomic E-state index is 0.621. The van der Waals surface area contributed by atoms with Crippen LogP contribution < -0.4 is 0 Å². The lowest BCUT2D eigenvalue weighted by molar-refractivity contribution is 0.121.